The molecule has 2 aromatic rings. The number of aromatic hydroxyl groups is 1. The van der Waals surface area contributed by atoms with Crippen LogP contribution in [0.5, 0.6) is 5.75 Å². The monoisotopic (exact) mass is 296 g/mol. The van der Waals surface area contributed by atoms with Gasteiger partial charge in [-0.3, -0.25) is 0 Å². The summed E-state index contributed by atoms with van der Waals surface area (Å²) in [6.07, 6.45) is 3.08. The zero-order valence-corrected chi connectivity index (χ0v) is 11.2. The van der Waals surface area contributed by atoms with Gasteiger partial charge in [0, 0.05) is 9.35 Å². The number of hydrogen-bond acceptors (Lipinski definition) is 2. The summed E-state index contributed by atoms with van der Waals surface area (Å²) in [5, 5.41) is 11.8. The second-order valence-electron chi connectivity index (χ2n) is 3.71. The van der Waals surface area contributed by atoms with E-state index in [1.807, 2.05) is 12.1 Å². The molecule has 0 aliphatic carbocycles. The number of benzene rings is 1. The molecular formula is C13H13BrOS. The highest BCUT2D eigenvalue weighted by molar-refractivity contribution is 9.10. The number of halogens is 1. The molecule has 84 valence electrons. The van der Waals surface area contributed by atoms with Crippen molar-refractivity contribution in [2.24, 2.45) is 0 Å². The summed E-state index contributed by atoms with van der Waals surface area (Å²) < 4.78 is 1.02. The smallest absolute Gasteiger partial charge is 0.118 e. The topological polar surface area (TPSA) is 20.2 Å². The molecule has 1 heterocycles. The van der Waals surface area contributed by atoms with Crippen LogP contribution in [0.15, 0.2) is 40.2 Å². The van der Waals surface area contributed by atoms with Crippen molar-refractivity contribution in [3.05, 3.63) is 50.6 Å². The predicted molar refractivity (Wildman–Crippen MR) is 72.2 cm³/mol. The maximum Gasteiger partial charge on any atom is 0.118 e. The van der Waals surface area contributed by atoms with E-state index in [-0.39, 0.29) is 0 Å². The fourth-order valence-corrected chi connectivity index (χ4v) is 2.82. The Morgan fingerprint density at radius 3 is 2.81 bits per heavy atom. The Morgan fingerprint density at radius 2 is 2.06 bits per heavy atom. The molecule has 1 nitrogen and oxygen atoms in total. The van der Waals surface area contributed by atoms with Crippen LogP contribution in [0, 0.1) is 0 Å². The van der Waals surface area contributed by atoms with Gasteiger partial charge in [0.2, 0.25) is 0 Å². The average molecular weight is 297 g/mol. The Balaban J connectivity index is 1.92. The SMILES string of the molecule is Oc1ccc(Br)cc1CCCc1cccs1. The average Bonchev–Trinajstić information content (AvgIpc) is 2.76. The summed E-state index contributed by atoms with van der Waals surface area (Å²) in [4.78, 5) is 1.41. The Labute approximate surface area is 108 Å². The first-order chi connectivity index (χ1) is 7.75. The summed E-state index contributed by atoms with van der Waals surface area (Å²) >= 11 is 5.21. The van der Waals surface area contributed by atoms with Crippen LogP contribution in [0.4, 0.5) is 0 Å². The third-order valence-electron chi connectivity index (χ3n) is 2.49. The maximum atomic E-state index is 9.67. The first-order valence-electron chi connectivity index (χ1n) is 5.25. The van der Waals surface area contributed by atoms with Crippen molar-refractivity contribution in [3.8, 4) is 5.75 Å². The van der Waals surface area contributed by atoms with E-state index in [4.69, 9.17) is 0 Å². The van der Waals surface area contributed by atoms with Gasteiger partial charge < -0.3 is 5.11 Å². The number of hydrogen-bond donors (Lipinski definition) is 1. The maximum absolute atomic E-state index is 9.67. The number of phenolic OH excluding ortho intramolecular Hbond substituents is 1. The van der Waals surface area contributed by atoms with Gasteiger partial charge in [-0.1, -0.05) is 22.0 Å². The largest absolute Gasteiger partial charge is 0.508 e. The van der Waals surface area contributed by atoms with Gasteiger partial charge in [0.05, 0.1) is 0 Å². The molecule has 0 aliphatic rings. The molecule has 0 unspecified atom stereocenters. The molecule has 1 N–H and O–H groups in total. The van der Waals surface area contributed by atoms with E-state index in [2.05, 4.69) is 33.4 Å². The van der Waals surface area contributed by atoms with Gasteiger partial charge in [-0.25, -0.2) is 0 Å². The second-order valence-corrected chi connectivity index (χ2v) is 5.65. The quantitative estimate of drug-likeness (QED) is 0.887. The molecule has 1 aromatic heterocycles. The lowest BCUT2D eigenvalue weighted by atomic mass is 10.1. The first kappa shape index (κ1) is 11.7. The van der Waals surface area contributed by atoms with E-state index >= 15 is 0 Å². The standard InChI is InChI=1S/C13H13BrOS/c14-11-6-7-13(15)10(9-11)3-1-4-12-5-2-8-16-12/h2,5-9,15H,1,3-4H2. The first-order valence-corrected chi connectivity index (χ1v) is 6.93. The van der Waals surface area contributed by atoms with Crippen molar-refractivity contribution in [2.75, 3.05) is 0 Å². The van der Waals surface area contributed by atoms with Gasteiger partial charge in [-0.2, -0.15) is 0 Å². The van der Waals surface area contributed by atoms with Crippen LogP contribution in [-0.4, -0.2) is 5.11 Å². The van der Waals surface area contributed by atoms with Crippen LogP contribution in [0.25, 0.3) is 0 Å². The second kappa shape index (κ2) is 5.51. The third-order valence-corrected chi connectivity index (χ3v) is 3.92. The Kier molecular flexibility index (Phi) is 4.02. The van der Waals surface area contributed by atoms with Crippen LogP contribution in [0.3, 0.4) is 0 Å². The van der Waals surface area contributed by atoms with Crippen LogP contribution in [0.1, 0.15) is 16.9 Å². The van der Waals surface area contributed by atoms with Crippen molar-refractivity contribution >= 4 is 27.3 Å². The summed E-state index contributed by atoms with van der Waals surface area (Å²) in [5.74, 6) is 0.398. The molecule has 0 bridgehead atoms. The minimum Gasteiger partial charge on any atom is -0.508 e. The number of thiophene rings is 1. The fourth-order valence-electron chi connectivity index (χ4n) is 1.66. The molecule has 0 saturated heterocycles. The third kappa shape index (κ3) is 3.09. The fraction of sp³-hybridized carbons (Fsp3) is 0.231. The van der Waals surface area contributed by atoms with Gasteiger partial charge in [0.1, 0.15) is 5.75 Å². The minimum atomic E-state index is 0.398. The zero-order valence-electron chi connectivity index (χ0n) is 8.82. The molecule has 0 amide bonds. The molecule has 0 spiro atoms. The van der Waals surface area contributed by atoms with E-state index in [0.29, 0.717) is 5.75 Å². The van der Waals surface area contributed by atoms with E-state index in [1.54, 1.807) is 17.4 Å². The highest BCUT2D eigenvalue weighted by Crippen LogP contribution is 2.23. The molecule has 0 fully saturated rings. The van der Waals surface area contributed by atoms with Crippen LogP contribution in [-0.2, 0) is 12.8 Å². The van der Waals surface area contributed by atoms with Crippen LogP contribution < -0.4 is 0 Å². The molecule has 0 aliphatic heterocycles. The molecule has 16 heavy (non-hydrogen) atoms. The van der Waals surface area contributed by atoms with Crippen LogP contribution >= 0.6 is 27.3 Å². The van der Waals surface area contributed by atoms with Gasteiger partial charge in [-0.05, 0) is 54.5 Å². The van der Waals surface area contributed by atoms with Gasteiger partial charge in [0.15, 0.2) is 0 Å². The molecule has 0 radical (unpaired) electrons. The highest BCUT2D eigenvalue weighted by atomic mass is 79.9. The van der Waals surface area contributed by atoms with Crippen molar-refractivity contribution in [2.45, 2.75) is 19.3 Å². The van der Waals surface area contributed by atoms with Crippen molar-refractivity contribution in [3.63, 3.8) is 0 Å². The van der Waals surface area contributed by atoms with E-state index in [1.165, 1.54) is 4.88 Å². The summed E-state index contributed by atoms with van der Waals surface area (Å²) in [6, 6.07) is 9.83. The van der Waals surface area contributed by atoms with Gasteiger partial charge in [0.25, 0.3) is 0 Å². The summed E-state index contributed by atoms with van der Waals surface area (Å²) in [7, 11) is 0. The minimum absolute atomic E-state index is 0.398. The molecule has 2 rings (SSSR count). The van der Waals surface area contributed by atoms with Crippen molar-refractivity contribution in [1.29, 1.82) is 0 Å². The lowest BCUT2D eigenvalue weighted by Crippen LogP contribution is -1.89. The Bertz CT molecular complexity index is 451. The molecule has 1 aromatic carbocycles. The van der Waals surface area contributed by atoms with E-state index < -0.39 is 0 Å². The highest BCUT2D eigenvalue weighted by Gasteiger charge is 2.02. The lowest BCUT2D eigenvalue weighted by Gasteiger charge is -2.04. The number of phenols is 1. The van der Waals surface area contributed by atoms with E-state index in [9.17, 15) is 5.11 Å². The molecule has 0 atom stereocenters. The summed E-state index contributed by atoms with van der Waals surface area (Å²) in [6.45, 7) is 0. The molecular weight excluding hydrogens is 284 g/mol. The molecule has 3 heteroatoms. The van der Waals surface area contributed by atoms with E-state index in [0.717, 1.165) is 29.3 Å². The zero-order chi connectivity index (χ0) is 11.4. The van der Waals surface area contributed by atoms with Crippen molar-refractivity contribution < 1.29 is 5.11 Å². The number of rotatable bonds is 4. The Morgan fingerprint density at radius 1 is 1.19 bits per heavy atom. The number of aryl methyl sites for hydroxylation is 2. The van der Waals surface area contributed by atoms with Gasteiger partial charge >= 0.3 is 0 Å². The normalized spacial score (nSPS) is 10.6. The Hall–Kier alpha value is -0.800. The van der Waals surface area contributed by atoms with Crippen LogP contribution in [0.2, 0.25) is 0 Å². The van der Waals surface area contributed by atoms with Crippen molar-refractivity contribution in [1.82, 2.24) is 0 Å². The predicted octanol–water partition coefficient (Wildman–Crippen LogP) is 4.39. The lowest BCUT2D eigenvalue weighted by molar-refractivity contribution is 0.467. The summed E-state index contributed by atoms with van der Waals surface area (Å²) in [5.41, 5.74) is 1.02. The molecule has 0 saturated carbocycles. The van der Waals surface area contributed by atoms with Gasteiger partial charge in [-0.15, -0.1) is 11.3 Å².